The van der Waals surface area contributed by atoms with Crippen molar-refractivity contribution >= 4 is 15.9 Å². The Morgan fingerprint density at radius 2 is 2.00 bits per heavy atom. The quantitative estimate of drug-likeness (QED) is 0.876. The van der Waals surface area contributed by atoms with Crippen LogP contribution in [0.2, 0.25) is 0 Å². The van der Waals surface area contributed by atoms with Crippen LogP contribution < -0.4 is 10.5 Å². The van der Waals surface area contributed by atoms with E-state index in [9.17, 15) is 0 Å². The Labute approximate surface area is 128 Å². The number of halogens is 1. The molecule has 2 rings (SSSR count). The molecule has 0 fully saturated rings. The number of nitrogens with zero attached hydrogens (tertiary/aromatic N) is 1. The number of rotatable bonds is 6. The van der Waals surface area contributed by atoms with Gasteiger partial charge < -0.3 is 10.5 Å². The number of nitrogens with two attached hydrogens (primary N) is 1. The molecule has 1 atom stereocenters. The summed E-state index contributed by atoms with van der Waals surface area (Å²) in [6.07, 6.45) is 5.32. The van der Waals surface area contributed by atoms with Gasteiger partial charge in [-0.15, -0.1) is 0 Å². The highest BCUT2D eigenvalue weighted by Crippen LogP contribution is 2.25. The van der Waals surface area contributed by atoms with Crippen molar-refractivity contribution < 1.29 is 4.74 Å². The zero-order chi connectivity index (χ0) is 14.4. The van der Waals surface area contributed by atoms with Crippen LogP contribution in [0.1, 0.15) is 24.5 Å². The van der Waals surface area contributed by atoms with E-state index in [0.29, 0.717) is 6.61 Å². The molecule has 2 aromatic rings. The number of hydrogen-bond donors (Lipinski definition) is 1. The molecule has 4 heteroatoms. The van der Waals surface area contributed by atoms with E-state index in [4.69, 9.17) is 10.5 Å². The minimum Gasteiger partial charge on any atom is -0.489 e. The third kappa shape index (κ3) is 4.32. The van der Waals surface area contributed by atoms with Crippen LogP contribution in [0.25, 0.3) is 0 Å². The lowest BCUT2D eigenvalue weighted by atomic mass is 10.0. The first-order valence-corrected chi connectivity index (χ1v) is 7.54. The van der Waals surface area contributed by atoms with Crippen molar-refractivity contribution in [2.75, 3.05) is 0 Å². The van der Waals surface area contributed by atoms with Gasteiger partial charge in [0, 0.05) is 22.9 Å². The lowest BCUT2D eigenvalue weighted by molar-refractivity contribution is 0.302. The molecule has 0 aliphatic rings. The van der Waals surface area contributed by atoms with Gasteiger partial charge in [0.15, 0.2) is 0 Å². The molecule has 0 saturated carbocycles. The van der Waals surface area contributed by atoms with E-state index in [2.05, 4.69) is 33.9 Å². The van der Waals surface area contributed by atoms with Crippen molar-refractivity contribution in [1.29, 1.82) is 0 Å². The predicted molar refractivity (Wildman–Crippen MR) is 84.7 cm³/mol. The Bertz CT molecular complexity index is 545. The first kappa shape index (κ1) is 15.0. The van der Waals surface area contributed by atoms with Crippen LogP contribution in [-0.4, -0.2) is 11.0 Å². The number of benzene rings is 1. The summed E-state index contributed by atoms with van der Waals surface area (Å²) >= 11 is 3.50. The number of hydrogen-bond acceptors (Lipinski definition) is 3. The van der Waals surface area contributed by atoms with Gasteiger partial charge in [0.1, 0.15) is 12.4 Å². The number of aromatic nitrogens is 1. The van der Waals surface area contributed by atoms with Crippen molar-refractivity contribution in [3.8, 4) is 5.75 Å². The molecule has 0 aliphatic heterocycles. The van der Waals surface area contributed by atoms with Crippen molar-refractivity contribution in [3.63, 3.8) is 0 Å². The number of pyridine rings is 1. The summed E-state index contributed by atoms with van der Waals surface area (Å²) < 4.78 is 6.97. The molecule has 106 valence electrons. The molecule has 0 amide bonds. The van der Waals surface area contributed by atoms with Gasteiger partial charge >= 0.3 is 0 Å². The number of ether oxygens (including phenoxy) is 1. The highest BCUT2D eigenvalue weighted by Gasteiger charge is 2.09. The van der Waals surface area contributed by atoms with Crippen LogP contribution in [0.15, 0.2) is 47.2 Å². The zero-order valence-electron chi connectivity index (χ0n) is 11.6. The summed E-state index contributed by atoms with van der Waals surface area (Å²) in [6.45, 7) is 2.64. The maximum Gasteiger partial charge on any atom is 0.123 e. The largest absolute Gasteiger partial charge is 0.489 e. The van der Waals surface area contributed by atoms with Crippen LogP contribution in [-0.2, 0) is 13.0 Å². The summed E-state index contributed by atoms with van der Waals surface area (Å²) in [4.78, 5) is 4.00. The fourth-order valence-electron chi connectivity index (χ4n) is 1.92. The second kappa shape index (κ2) is 7.41. The normalized spacial score (nSPS) is 12.2. The van der Waals surface area contributed by atoms with Crippen LogP contribution >= 0.6 is 15.9 Å². The van der Waals surface area contributed by atoms with E-state index < -0.39 is 0 Å². The molecule has 3 nitrogen and oxygen atoms in total. The van der Waals surface area contributed by atoms with Gasteiger partial charge in [-0.25, -0.2) is 0 Å². The Hall–Kier alpha value is -1.39. The summed E-state index contributed by atoms with van der Waals surface area (Å²) in [7, 11) is 0. The lowest BCUT2D eigenvalue weighted by Gasteiger charge is -2.15. The van der Waals surface area contributed by atoms with Gasteiger partial charge in [0.05, 0.1) is 0 Å². The van der Waals surface area contributed by atoms with E-state index in [-0.39, 0.29) is 6.04 Å². The van der Waals surface area contributed by atoms with Crippen molar-refractivity contribution in [2.45, 2.75) is 32.4 Å². The van der Waals surface area contributed by atoms with Crippen molar-refractivity contribution in [1.82, 2.24) is 4.98 Å². The molecule has 1 heterocycles. The van der Waals surface area contributed by atoms with Gasteiger partial charge in [-0.05, 0) is 54.3 Å². The van der Waals surface area contributed by atoms with Gasteiger partial charge in [0.2, 0.25) is 0 Å². The molecule has 0 bridgehead atoms. The van der Waals surface area contributed by atoms with E-state index in [1.807, 2.05) is 24.3 Å². The summed E-state index contributed by atoms with van der Waals surface area (Å²) in [5.41, 5.74) is 8.30. The SMILES string of the molecule is CCC(N)Cc1cc(Br)ccc1OCc1ccncc1. The Morgan fingerprint density at radius 1 is 1.25 bits per heavy atom. The molecule has 0 spiro atoms. The van der Waals surface area contributed by atoms with E-state index in [1.165, 1.54) is 0 Å². The predicted octanol–water partition coefficient (Wildman–Crippen LogP) is 3.70. The molecular formula is C16H19BrN2O. The minimum atomic E-state index is 0.160. The molecule has 0 aliphatic carbocycles. The smallest absolute Gasteiger partial charge is 0.123 e. The van der Waals surface area contributed by atoms with Crippen LogP contribution in [0.5, 0.6) is 5.75 Å². The maximum absolute atomic E-state index is 6.05. The van der Waals surface area contributed by atoms with Crippen molar-refractivity contribution in [3.05, 3.63) is 58.3 Å². The van der Waals surface area contributed by atoms with Gasteiger partial charge in [-0.1, -0.05) is 22.9 Å². The molecule has 1 unspecified atom stereocenters. The molecular weight excluding hydrogens is 316 g/mol. The van der Waals surface area contributed by atoms with E-state index in [1.54, 1.807) is 12.4 Å². The fourth-order valence-corrected chi connectivity index (χ4v) is 2.32. The second-order valence-corrected chi connectivity index (χ2v) is 5.68. The van der Waals surface area contributed by atoms with E-state index in [0.717, 1.165) is 34.2 Å². The first-order valence-electron chi connectivity index (χ1n) is 6.74. The average molecular weight is 335 g/mol. The first-order chi connectivity index (χ1) is 9.69. The van der Waals surface area contributed by atoms with E-state index >= 15 is 0 Å². The third-order valence-electron chi connectivity index (χ3n) is 3.17. The average Bonchev–Trinajstić information content (AvgIpc) is 2.47. The van der Waals surface area contributed by atoms with Gasteiger partial charge in [-0.3, -0.25) is 4.98 Å². The summed E-state index contributed by atoms with van der Waals surface area (Å²) in [6, 6.07) is 10.1. The zero-order valence-corrected chi connectivity index (χ0v) is 13.1. The molecule has 0 saturated heterocycles. The molecule has 1 aromatic heterocycles. The molecule has 0 radical (unpaired) electrons. The Morgan fingerprint density at radius 3 is 2.70 bits per heavy atom. The minimum absolute atomic E-state index is 0.160. The Balaban J connectivity index is 2.10. The second-order valence-electron chi connectivity index (χ2n) is 4.77. The van der Waals surface area contributed by atoms with Crippen molar-refractivity contribution in [2.24, 2.45) is 5.73 Å². The van der Waals surface area contributed by atoms with Crippen LogP contribution in [0.3, 0.4) is 0 Å². The standard InChI is InChI=1S/C16H19BrN2O/c1-2-15(18)10-13-9-14(17)3-4-16(13)20-11-12-5-7-19-8-6-12/h3-9,15H,2,10-11,18H2,1H3. The van der Waals surface area contributed by atoms with Gasteiger partial charge in [0.25, 0.3) is 0 Å². The third-order valence-corrected chi connectivity index (χ3v) is 3.67. The molecule has 2 N–H and O–H groups in total. The highest BCUT2D eigenvalue weighted by molar-refractivity contribution is 9.10. The van der Waals surface area contributed by atoms with Crippen LogP contribution in [0.4, 0.5) is 0 Å². The molecule has 20 heavy (non-hydrogen) atoms. The topological polar surface area (TPSA) is 48.1 Å². The summed E-state index contributed by atoms with van der Waals surface area (Å²) in [5.74, 6) is 0.897. The summed E-state index contributed by atoms with van der Waals surface area (Å²) in [5, 5.41) is 0. The highest BCUT2D eigenvalue weighted by atomic mass is 79.9. The Kier molecular flexibility index (Phi) is 5.56. The monoisotopic (exact) mass is 334 g/mol. The maximum atomic E-state index is 6.05. The molecule has 1 aromatic carbocycles. The van der Waals surface area contributed by atoms with Gasteiger partial charge in [-0.2, -0.15) is 0 Å². The fraction of sp³-hybridized carbons (Fsp3) is 0.312. The van der Waals surface area contributed by atoms with Crippen LogP contribution in [0, 0.1) is 0 Å². The lowest BCUT2D eigenvalue weighted by Crippen LogP contribution is -2.21.